The van der Waals surface area contributed by atoms with Crippen molar-refractivity contribution in [3.8, 4) is 0 Å². The van der Waals surface area contributed by atoms with Gasteiger partial charge in [-0.2, -0.15) is 0 Å². The van der Waals surface area contributed by atoms with Gasteiger partial charge in [-0.3, -0.25) is 0 Å². The minimum atomic E-state index is -0.0456. The van der Waals surface area contributed by atoms with Gasteiger partial charge in [-0.05, 0) is 50.9 Å². The number of ether oxygens (including phenoxy) is 1. The highest BCUT2D eigenvalue weighted by molar-refractivity contribution is 5.48. The second-order valence-corrected chi connectivity index (χ2v) is 5.69. The predicted molar refractivity (Wildman–Crippen MR) is 78.6 cm³/mol. The van der Waals surface area contributed by atoms with Crippen LogP contribution in [0.1, 0.15) is 30.9 Å². The molecule has 4 heteroatoms. The zero-order chi connectivity index (χ0) is 13.9. The fourth-order valence-corrected chi connectivity index (χ4v) is 2.81. The fraction of sp³-hybridized carbons (Fsp3) is 0.667. The summed E-state index contributed by atoms with van der Waals surface area (Å²) in [5, 5.41) is 3.16. The lowest BCUT2D eigenvalue weighted by Crippen LogP contribution is -2.48. The van der Waals surface area contributed by atoms with Crippen LogP contribution in [-0.4, -0.2) is 37.8 Å². The van der Waals surface area contributed by atoms with Gasteiger partial charge in [-0.15, -0.1) is 0 Å². The maximum atomic E-state index is 5.65. The molecule has 2 rings (SSSR count). The van der Waals surface area contributed by atoms with Gasteiger partial charge >= 0.3 is 0 Å². The minimum Gasteiger partial charge on any atom is -0.377 e. The molecule has 2 heterocycles. The standard InChI is InChI=1S/C15H25N3O/c1-12-8-13(9-16-3)10-17-14(12)18-7-5-6-15(2,11-18)19-4/h8,10,16H,5-7,9,11H2,1-4H3. The van der Waals surface area contributed by atoms with Crippen molar-refractivity contribution >= 4 is 5.82 Å². The quantitative estimate of drug-likeness (QED) is 0.903. The number of pyridine rings is 1. The molecule has 0 aromatic carbocycles. The third kappa shape index (κ3) is 3.25. The predicted octanol–water partition coefficient (Wildman–Crippen LogP) is 2.11. The van der Waals surface area contributed by atoms with Gasteiger partial charge in [0, 0.05) is 32.9 Å². The van der Waals surface area contributed by atoms with Crippen molar-refractivity contribution in [2.45, 2.75) is 38.8 Å². The molecule has 1 aromatic rings. The van der Waals surface area contributed by atoms with Crippen molar-refractivity contribution in [2.24, 2.45) is 0 Å². The van der Waals surface area contributed by atoms with E-state index in [4.69, 9.17) is 4.74 Å². The van der Waals surface area contributed by atoms with Gasteiger partial charge in [0.25, 0.3) is 0 Å². The number of rotatable bonds is 4. The zero-order valence-corrected chi connectivity index (χ0v) is 12.5. The minimum absolute atomic E-state index is 0.0456. The molecule has 1 aliphatic heterocycles. The van der Waals surface area contributed by atoms with E-state index < -0.39 is 0 Å². The summed E-state index contributed by atoms with van der Waals surface area (Å²) in [6.07, 6.45) is 4.25. The van der Waals surface area contributed by atoms with Gasteiger partial charge in [-0.1, -0.05) is 0 Å². The van der Waals surface area contributed by atoms with Crippen LogP contribution in [0, 0.1) is 6.92 Å². The van der Waals surface area contributed by atoms with E-state index in [0.29, 0.717) is 0 Å². The lowest BCUT2D eigenvalue weighted by atomic mass is 9.94. The van der Waals surface area contributed by atoms with E-state index >= 15 is 0 Å². The topological polar surface area (TPSA) is 37.4 Å². The van der Waals surface area contributed by atoms with Gasteiger partial charge in [0.05, 0.1) is 5.60 Å². The molecule has 0 spiro atoms. The summed E-state index contributed by atoms with van der Waals surface area (Å²) < 4.78 is 5.65. The van der Waals surface area contributed by atoms with Crippen LogP contribution >= 0.6 is 0 Å². The highest BCUT2D eigenvalue weighted by Gasteiger charge is 2.31. The van der Waals surface area contributed by atoms with Crippen molar-refractivity contribution in [1.29, 1.82) is 0 Å². The van der Waals surface area contributed by atoms with Crippen molar-refractivity contribution in [1.82, 2.24) is 10.3 Å². The van der Waals surface area contributed by atoms with Gasteiger partial charge in [-0.25, -0.2) is 4.98 Å². The Morgan fingerprint density at radius 2 is 2.32 bits per heavy atom. The maximum absolute atomic E-state index is 5.65. The Hall–Kier alpha value is -1.13. The molecule has 1 N–H and O–H groups in total. The van der Waals surface area contributed by atoms with Gasteiger partial charge in [0.1, 0.15) is 5.82 Å². The number of aromatic nitrogens is 1. The Labute approximate surface area is 116 Å². The number of aryl methyl sites for hydroxylation is 1. The van der Waals surface area contributed by atoms with Crippen molar-refractivity contribution < 1.29 is 4.74 Å². The van der Waals surface area contributed by atoms with Gasteiger partial charge < -0.3 is 15.0 Å². The summed E-state index contributed by atoms with van der Waals surface area (Å²) in [6, 6.07) is 2.22. The Balaban J connectivity index is 2.17. The van der Waals surface area contributed by atoms with Crippen molar-refractivity contribution in [3.63, 3.8) is 0 Å². The lowest BCUT2D eigenvalue weighted by Gasteiger charge is -2.40. The van der Waals surface area contributed by atoms with Crippen LogP contribution in [0.4, 0.5) is 5.82 Å². The first kappa shape index (κ1) is 14.3. The van der Waals surface area contributed by atoms with Gasteiger partial charge in [0.2, 0.25) is 0 Å². The average Bonchev–Trinajstić information content (AvgIpc) is 2.39. The molecule has 1 aliphatic rings. The van der Waals surface area contributed by atoms with E-state index in [9.17, 15) is 0 Å². The van der Waals surface area contributed by atoms with E-state index in [1.54, 1.807) is 7.11 Å². The largest absolute Gasteiger partial charge is 0.377 e. The van der Waals surface area contributed by atoms with Gasteiger partial charge in [0.15, 0.2) is 0 Å². The highest BCUT2D eigenvalue weighted by Crippen LogP contribution is 2.28. The second-order valence-electron chi connectivity index (χ2n) is 5.69. The molecule has 0 aliphatic carbocycles. The van der Waals surface area contributed by atoms with Crippen LogP contribution < -0.4 is 10.2 Å². The number of hydrogen-bond donors (Lipinski definition) is 1. The van der Waals surface area contributed by atoms with Crippen molar-refractivity contribution in [3.05, 3.63) is 23.4 Å². The van der Waals surface area contributed by atoms with Crippen LogP contribution in [0.25, 0.3) is 0 Å². The smallest absolute Gasteiger partial charge is 0.131 e. The van der Waals surface area contributed by atoms with Crippen LogP contribution in [0.3, 0.4) is 0 Å². The highest BCUT2D eigenvalue weighted by atomic mass is 16.5. The molecule has 0 radical (unpaired) electrons. The van der Waals surface area contributed by atoms with E-state index in [0.717, 1.165) is 38.3 Å². The number of nitrogens with zero attached hydrogens (tertiary/aromatic N) is 2. The number of hydrogen-bond acceptors (Lipinski definition) is 4. The van der Waals surface area contributed by atoms with E-state index in [1.165, 1.54) is 11.1 Å². The average molecular weight is 263 g/mol. The first-order chi connectivity index (χ1) is 9.08. The van der Waals surface area contributed by atoms with E-state index in [2.05, 4.69) is 35.1 Å². The normalized spacial score (nSPS) is 23.7. The first-order valence-electron chi connectivity index (χ1n) is 6.98. The SMILES string of the molecule is CNCc1cnc(N2CCCC(C)(OC)C2)c(C)c1. The van der Waals surface area contributed by atoms with Crippen molar-refractivity contribution in [2.75, 3.05) is 32.1 Å². The summed E-state index contributed by atoms with van der Waals surface area (Å²) in [4.78, 5) is 7.00. The second kappa shape index (κ2) is 5.88. The molecule has 1 atom stereocenters. The molecule has 1 fully saturated rings. The molecule has 0 bridgehead atoms. The van der Waals surface area contributed by atoms with E-state index in [-0.39, 0.29) is 5.60 Å². The summed E-state index contributed by atoms with van der Waals surface area (Å²) >= 11 is 0. The fourth-order valence-electron chi connectivity index (χ4n) is 2.81. The molecule has 19 heavy (non-hydrogen) atoms. The molecule has 0 amide bonds. The molecule has 1 saturated heterocycles. The Bertz CT molecular complexity index is 435. The lowest BCUT2D eigenvalue weighted by molar-refractivity contribution is -0.00483. The van der Waals surface area contributed by atoms with Crippen LogP contribution in [0.5, 0.6) is 0 Å². The monoisotopic (exact) mass is 263 g/mol. The van der Waals surface area contributed by atoms with Crippen LogP contribution in [-0.2, 0) is 11.3 Å². The maximum Gasteiger partial charge on any atom is 0.131 e. The number of methoxy groups -OCH3 is 1. The van der Waals surface area contributed by atoms with E-state index in [1.807, 2.05) is 13.2 Å². The summed E-state index contributed by atoms with van der Waals surface area (Å²) in [5.74, 6) is 1.10. The van der Waals surface area contributed by atoms with Crippen LogP contribution in [0.15, 0.2) is 12.3 Å². The summed E-state index contributed by atoms with van der Waals surface area (Å²) in [7, 11) is 3.76. The molecule has 4 nitrogen and oxygen atoms in total. The Morgan fingerprint density at radius 3 is 2.95 bits per heavy atom. The molecular weight excluding hydrogens is 238 g/mol. The number of piperidine rings is 1. The number of nitrogens with one attached hydrogen (secondary N) is 1. The molecule has 1 unspecified atom stereocenters. The molecule has 0 saturated carbocycles. The molecule has 1 aromatic heterocycles. The molecule has 106 valence electrons. The third-order valence-corrected chi connectivity index (χ3v) is 3.94. The number of anilines is 1. The summed E-state index contributed by atoms with van der Waals surface area (Å²) in [6.45, 7) is 7.18. The summed E-state index contributed by atoms with van der Waals surface area (Å²) in [5.41, 5.74) is 2.43. The Kier molecular flexibility index (Phi) is 4.42. The van der Waals surface area contributed by atoms with Crippen LogP contribution in [0.2, 0.25) is 0 Å². The zero-order valence-electron chi connectivity index (χ0n) is 12.5. The third-order valence-electron chi connectivity index (χ3n) is 3.94. The Morgan fingerprint density at radius 1 is 1.53 bits per heavy atom. The molecular formula is C15H25N3O. The first-order valence-corrected chi connectivity index (χ1v) is 6.98.